The van der Waals surface area contributed by atoms with Gasteiger partial charge in [-0.15, -0.1) is 0 Å². The SMILES string of the molecule is CCOC(=O)c1nc(-c2ccc(F)cn2)n[nH]1. The number of ether oxygens (including phenoxy) is 1. The van der Waals surface area contributed by atoms with Gasteiger partial charge in [-0.05, 0) is 19.1 Å². The highest BCUT2D eigenvalue weighted by atomic mass is 19.1. The molecule has 0 atom stereocenters. The fourth-order valence-electron chi connectivity index (χ4n) is 1.18. The van der Waals surface area contributed by atoms with E-state index in [1.165, 1.54) is 12.1 Å². The number of pyridine rings is 1. The third-order valence-electron chi connectivity index (χ3n) is 1.91. The van der Waals surface area contributed by atoms with Gasteiger partial charge in [-0.25, -0.2) is 14.2 Å². The number of hydrogen-bond donors (Lipinski definition) is 1. The maximum absolute atomic E-state index is 12.7. The Morgan fingerprint density at radius 2 is 2.35 bits per heavy atom. The Labute approximate surface area is 95.9 Å². The lowest BCUT2D eigenvalue weighted by Gasteiger charge is -1.95. The van der Waals surface area contributed by atoms with Gasteiger partial charge in [0.25, 0.3) is 0 Å². The summed E-state index contributed by atoms with van der Waals surface area (Å²) < 4.78 is 17.4. The molecule has 0 fully saturated rings. The summed E-state index contributed by atoms with van der Waals surface area (Å²) in [5.74, 6) is -0.829. The second-order valence-corrected chi connectivity index (χ2v) is 3.09. The van der Waals surface area contributed by atoms with Crippen LogP contribution in [0.4, 0.5) is 4.39 Å². The topological polar surface area (TPSA) is 80.8 Å². The molecule has 7 heteroatoms. The van der Waals surface area contributed by atoms with Crippen molar-refractivity contribution in [1.82, 2.24) is 20.2 Å². The van der Waals surface area contributed by atoms with E-state index in [0.29, 0.717) is 5.69 Å². The van der Waals surface area contributed by atoms with Gasteiger partial charge in [0, 0.05) is 0 Å². The van der Waals surface area contributed by atoms with E-state index in [-0.39, 0.29) is 18.3 Å². The molecule has 0 amide bonds. The Morgan fingerprint density at radius 1 is 1.53 bits per heavy atom. The number of aromatic nitrogens is 4. The van der Waals surface area contributed by atoms with Gasteiger partial charge in [-0.2, -0.15) is 10.1 Å². The molecule has 0 aliphatic carbocycles. The largest absolute Gasteiger partial charge is 0.460 e. The van der Waals surface area contributed by atoms with E-state index in [2.05, 4.69) is 20.2 Å². The molecule has 0 aliphatic rings. The molecule has 2 aromatic heterocycles. The van der Waals surface area contributed by atoms with Crippen molar-refractivity contribution in [3.63, 3.8) is 0 Å². The molecule has 0 unspecified atom stereocenters. The van der Waals surface area contributed by atoms with Gasteiger partial charge >= 0.3 is 5.97 Å². The van der Waals surface area contributed by atoms with Crippen LogP contribution >= 0.6 is 0 Å². The molecule has 0 aromatic carbocycles. The van der Waals surface area contributed by atoms with Crippen molar-refractivity contribution in [2.75, 3.05) is 6.61 Å². The van der Waals surface area contributed by atoms with Crippen molar-refractivity contribution in [2.24, 2.45) is 0 Å². The summed E-state index contributed by atoms with van der Waals surface area (Å²) >= 11 is 0. The minimum absolute atomic E-state index is 0.00650. The summed E-state index contributed by atoms with van der Waals surface area (Å²) in [4.78, 5) is 19.0. The average molecular weight is 236 g/mol. The Morgan fingerprint density at radius 3 is 3.00 bits per heavy atom. The number of H-pyrrole nitrogens is 1. The van der Waals surface area contributed by atoms with Crippen LogP contribution in [-0.2, 0) is 4.74 Å². The van der Waals surface area contributed by atoms with Crippen LogP contribution in [-0.4, -0.2) is 32.7 Å². The first-order valence-corrected chi connectivity index (χ1v) is 4.92. The van der Waals surface area contributed by atoms with Crippen molar-refractivity contribution in [3.05, 3.63) is 30.0 Å². The van der Waals surface area contributed by atoms with Crippen LogP contribution in [0.1, 0.15) is 17.5 Å². The van der Waals surface area contributed by atoms with Gasteiger partial charge in [0.05, 0.1) is 12.8 Å². The number of halogens is 1. The quantitative estimate of drug-likeness (QED) is 0.809. The van der Waals surface area contributed by atoms with Crippen LogP contribution in [0.2, 0.25) is 0 Å². The lowest BCUT2D eigenvalue weighted by molar-refractivity contribution is 0.0512. The predicted molar refractivity (Wildman–Crippen MR) is 55.5 cm³/mol. The highest BCUT2D eigenvalue weighted by Gasteiger charge is 2.14. The maximum atomic E-state index is 12.7. The zero-order valence-corrected chi connectivity index (χ0v) is 8.98. The third kappa shape index (κ3) is 2.44. The first-order valence-electron chi connectivity index (χ1n) is 4.92. The minimum atomic E-state index is -0.589. The molecule has 0 spiro atoms. The van der Waals surface area contributed by atoms with Crippen molar-refractivity contribution in [3.8, 4) is 11.5 Å². The number of nitrogens with zero attached hydrogens (tertiary/aromatic N) is 3. The van der Waals surface area contributed by atoms with Crippen LogP contribution in [0.15, 0.2) is 18.3 Å². The minimum Gasteiger partial charge on any atom is -0.460 e. The molecule has 17 heavy (non-hydrogen) atoms. The number of esters is 1. The summed E-state index contributed by atoms with van der Waals surface area (Å²) in [6.07, 6.45) is 1.05. The highest BCUT2D eigenvalue weighted by molar-refractivity contribution is 5.85. The second-order valence-electron chi connectivity index (χ2n) is 3.09. The van der Waals surface area contributed by atoms with Gasteiger partial charge in [0.15, 0.2) is 5.82 Å². The number of hydrogen-bond acceptors (Lipinski definition) is 5. The molecule has 0 aliphatic heterocycles. The summed E-state index contributed by atoms with van der Waals surface area (Å²) in [7, 11) is 0. The Kier molecular flexibility index (Phi) is 3.08. The number of carbonyl (C=O) groups is 1. The highest BCUT2D eigenvalue weighted by Crippen LogP contribution is 2.11. The monoisotopic (exact) mass is 236 g/mol. The average Bonchev–Trinajstić information content (AvgIpc) is 2.80. The van der Waals surface area contributed by atoms with E-state index < -0.39 is 11.8 Å². The van der Waals surface area contributed by atoms with Crippen molar-refractivity contribution < 1.29 is 13.9 Å². The smallest absolute Gasteiger partial charge is 0.375 e. The first-order chi connectivity index (χ1) is 8.20. The molecule has 0 saturated carbocycles. The summed E-state index contributed by atoms with van der Waals surface area (Å²) in [5, 5.41) is 6.23. The lowest BCUT2D eigenvalue weighted by Crippen LogP contribution is -2.06. The molecule has 2 rings (SSSR count). The van der Waals surface area contributed by atoms with E-state index in [1.54, 1.807) is 6.92 Å². The molecule has 2 heterocycles. The van der Waals surface area contributed by atoms with Crippen LogP contribution in [0.5, 0.6) is 0 Å². The molecule has 0 bridgehead atoms. The number of nitrogens with one attached hydrogen (secondary N) is 1. The molecular formula is C10H9FN4O2. The van der Waals surface area contributed by atoms with Crippen LogP contribution in [0.3, 0.4) is 0 Å². The second kappa shape index (κ2) is 4.69. The van der Waals surface area contributed by atoms with E-state index in [4.69, 9.17) is 4.74 Å². The Bertz CT molecular complexity index is 523. The van der Waals surface area contributed by atoms with E-state index in [9.17, 15) is 9.18 Å². The van der Waals surface area contributed by atoms with E-state index in [1.807, 2.05) is 0 Å². The first kappa shape index (κ1) is 11.2. The molecular weight excluding hydrogens is 227 g/mol. The van der Waals surface area contributed by atoms with Gasteiger partial charge in [0.2, 0.25) is 5.82 Å². The number of aromatic amines is 1. The van der Waals surface area contributed by atoms with Crippen LogP contribution in [0.25, 0.3) is 11.5 Å². The molecule has 1 N–H and O–H groups in total. The van der Waals surface area contributed by atoms with Gasteiger partial charge in [-0.3, -0.25) is 5.10 Å². The van der Waals surface area contributed by atoms with Crippen molar-refractivity contribution in [2.45, 2.75) is 6.92 Å². The van der Waals surface area contributed by atoms with E-state index >= 15 is 0 Å². The number of rotatable bonds is 3. The lowest BCUT2D eigenvalue weighted by atomic mass is 10.3. The van der Waals surface area contributed by atoms with Crippen molar-refractivity contribution in [1.29, 1.82) is 0 Å². The molecule has 0 radical (unpaired) electrons. The zero-order chi connectivity index (χ0) is 12.3. The van der Waals surface area contributed by atoms with Gasteiger partial charge < -0.3 is 4.74 Å². The fourth-order valence-corrected chi connectivity index (χ4v) is 1.18. The third-order valence-corrected chi connectivity index (χ3v) is 1.91. The standard InChI is InChI=1S/C10H9FN4O2/c1-2-17-10(16)9-13-8(14-15-9)7-4-3-6(11)5-12-7/h3-5H,2H2,1H3,(H,13,14,15). The van der Waals surface area contributed by atoms with Gasteiger partial charge in [0.1, 0.15) is 11.5 Å². The van der Waals surface area contributed by atoms with Crippen LogP contribution < -0.4 is 0 Å². The summed E-state index contributed by atoms with van der Waals surface area (Å²) in [5.41, 5.74) is 0.373. The van der Waals surface area contributed by atoms with Crippen molar-refractivity contribution >= 4 is 5.97 Å². The summed E-state index contributed by atoms with van der Waals surface area (Å²) in [6, 6.07) is 2.66. The Hall–Kier alpha value is -2.31. The van der Waals surface area contributed by atoms with Gasteiger partial charge in [-0.1, -0.05) is 0 Å². The maximum Gasteiger partial charge on any atom is 0.375 e. The molecule has 6 nitrogen and oxygen atoms in total. The van der Waals surface area contributed by atoms with E-state index in [0.717, 1.165) is 6.20 Å². The normalized spacial score (nSPS) is 10.2. The molecule has 0 saturated heterocycles. The predicted octanol–water partition coefficient (Wildman–Crippen LogP) is 1.18. The molecule has 88 valence electrons. The Balaban J connectivity index is 2.23. The summed E-state index contributed by atoms with van der Waals surface area (Å²) in [6.45, 7) is 1.94. The zero-order valence-electron chi connectivity index (χ0n) is 8.98. The fraction of sp³-hybridized carbons (Fsp3) is 0.200. The molecule has 2 aromatic rings. The van der Waals surface area contributed by atoms with Crippen LogP contribution in [0, 0.1) is 5.82 Å². The number of carbonyl (C=O) groups excluding carboxylic acids is 1.